The molecule has 0 saturated carbocycles. The summed E-state index contributed by atoms with van der Waals surface area (Å²) in [6, 6.07) is 49.5. The van der Waals surface area contributed by atoms with Crippen LogP contribution in [-0.4, -0.2) is 32.1 Å². The van der Waals surface area contributed by atoms with Gasteiger partial charge in [0.05, 0.1) is 9.79 Å². The lowest BCUT2D eigenvalue weighted by atomic mass is 9.91. The van der Waals surface area contributed by atoms with Gasteiger partial charge in [0.15, 0.2) is 6.17 Å². The van der Waals surface area contributed by atoms with E-state index >= 15 is 0 Å². The number of amidine groups is 3. The lowest BCUT2D eigenvalue weighted by Gasteiger charge is -2.33. The van der Waals surface area contributed by atoms with Crippen molar-refractivity contribution in [2.75, 3.05) is 0 Å². The van der Waals surface area contributed by atoms with Crippen LogP contribution in [0.15, 0.2) is 200 Å². The van der Waals surface area contributed by atoms with E-state index in [1.54, 1.807) is 18.2 Å². The Bertz CT molecular complexity index is 2790. The summed E-state index contributed by atoms with van der Waals surface area (Å²) in [5, 5.41) is 11.1. The zero-order valence-electron chi connectivity index (χ0n) is 30.9. The monoisotopic (exact) mass is 762 g/mol. The molecular formula is C48H38N6O2S. The van der Waals surface area contributed by atoms with Crippen molar-refractivity contribution in [2.24, 2.45) is 15.0 Å². The first-order valence-corrected chi connectivity index (χ1v) is 20.7. The molecule has 3 unspecified atom stereocenters. The van der Waals surface area contributed by atoms with E-state index in [0.29, 0.717) is 38.4 Å². The molecular weight excluding hydrogens is 725 g/mol. The maximum absolute atomic E-state index is 13.9. The standard InChI is InChI=1S/C48H38N6O2S/c55-57(56)40-26-14-13-24-39(40)42-38(25-15-27-41(42)57)35-28-36(47-51-43(31-16-5-1-6-17-31)49-44(52-47)32-18-7-2-8-19-32)30-37(29-35)48-53-45(33-20-9-3-10-21-33)50-46(54-48)34-22-11-4-12-23-34/h1-3,5-11,13-30,43,45-46,50H,4,12H2,(H,53,54)(H,49,51,52). The summed E-state index contributed by atoms with van der Waals surface area (Å²) in [5.74, 6) is 2.06. The van der Waals surface area contributed by atoms with Crippen molar-refractivity contribution in [3.05, 3.63) is 203 Å². The third-order valence-corrected chi connectivity index (χ3v) is 12.6. The van der Waals surface area contributed by atoms with Crippen LogP contribution in [0.2, 0.25) is 0 Å². The molecule has 10 rings (SSSR count). The third kappa shape index (κ3) is 6.50. The minimum Gasteiger partial charge on any atom is -0.350 e. The first-order valence-electron chi connectivity index (χ1n) is 19.2. The largest absolute Gasteiger partial charge is 0.350 e. The Morgan fingerprint density at radius 1 is 0.544 bits per heavy atom. The summed E-state index contributed by atoms with van der Waals surface area (Å²) in [6.45, 7) is 0. The van der Waals surface area contributed by atoms with Gasteiger partial charge in [0.25, 0.3) is 0 Å². The molecule has 8 nitrogen and oxygen atoms in total. The number of hydrogen-bond donors (Lipinski definition) is 3. The number of fused-ring (bicyclic) bond motifs is 3. The molecule has 0 saturated heterocycles. The molecule has 1 aliphatic carbocycles. The van der Waals surface area contributed by atoms with Gasteiger partial charge in [-0.1, -0.05) is 140 Å². The number of benzene rings is 6. The molecule has 6 aromatic rings. The summed E-state index contributed by atoms with van der Waals surface area (Å²) in [7, 11) is -3.70. The molecule has 3 aliphatic heterocycles. The Kier molecular flexibility index (Phi) is 8.81. The van der Waals surface area contributed by atoms with E-state index in [-0.39, 0.29) is 12.3 Å². The smallest absolute Gasteiger partial charge is 0.207 e. The van der Waals surface area contributed by atoms with Crippen LogP contribution in [0.4, 0.5) is 0 Å². The molecule has 9 heteroatoms. The van der Waals surface area contributed by atoms with Crippen molar-refractivity contribution in [1.29, 1.82) is 0 Å². The van der Waals surface area contributed by atoms with Crippen molar-refractivity contribution in [3.63, 3.8) is 0 Å². The predicted octanol–water partition coefficient (Wildman–Crippen LogP) is 8.90. The maximum atomic E-state index is 13.9. The molecule has 278 valence electrons. The van der Waals surface area contributed by atoms with Crippen molar-refractivity contribution in [2.45, 2.75) is 41.1 Å². The van der Waals surface area contributed by atoms with Gasteiger partial charge in [-0.2, -0.15) is 0 Å². The minimum atomic E-state index is -3.70. The van der Waals surface area contributed by atoms with Crippen molar-refractivity contribution in [1.82, 2.24) is 16.0 Å². The fourth-order valence-electron chi connectivity index (χ4n) is 8.00. The highest BCUT2D eigenvalue weighted by molar-refractivity contribution is 7.92. The van der Waals surface area contributed by atoms with Crippen LogP contribution < -0.4 is 16.0 Å². The topological polar surface area (TPSA) is 107 Å². The van der Waals surface area contributed by atoms with Crippen molar-refractivity contribution < 1.29 is 8.42 Å². The van der Waals surface area contributed by atoms with E-state index in [9.17, 15) is 8.42 Å². The van der Waals surface area contributed by atoms with Crippen LogP contribution in [0.5, 0.6) is 0 Å². The molecule has 0 bridgehead atoms. The Balaban J connectivity index is 1.18. The second-order valence-electron chi connectivity index (χ2n) is 14.4. The second kappa shape index (κ2) is 14.4. The summed E-state index contributed by atoms with van der Waals surface area (Å²) in [5.41, 5.74) is 8.80. The van der Waals surface area contributed by atoms with Crippen LogP contribution in [0.3, 0.4) is 0 Å². The quantitative estimate of drug-likeness (QED) is 0.150. The fraction of sp³-hybridized carbons (Fsp3) is 0.104. The predicted molar refractivity (Wildman–Crippen MR) is 227 cm³/mol. The molecule has 0 amide bonds. The molecule has 0 fully saturated rings. The molecule has 3 heterocycles. The minimum absolute atomic E-state index is 0.200. The van der Waals surface area contributed by atoms with E-state index in [0.717, 1.165) is 57.4 Å². The molecule has 4 aliphatic rings. The van der Waals surface area contributed by atoms with Crippen molar-refractivity contribution >= 4 is 27.3 Å². The number of aliphatic imine (C=N–C) groups is 3. The molecule has 6 aromatic carbocycles. The third-order valence-electron chi connectivity index (χ3n) is 10.8. The zero-order valence-corrected chi connectivity index (χ0v) is 31.7. The molecule has 0 aromatic heterocycles. The Morgan fingerprint density at radius 2 is 1.16 bits per heavy atom. The molecule has 57 heavy (non-hydrogen) atoms. The van der Waals surface area contributed by atoms with Gasteiger partial charge in [-0.25, -0.2) is 23.4 Å². The molecule has 3 N–H and O–H groups in total. The van der Waals surface area contributed by atoms with Gasteiger partial charge < -0.3 is 10.6 Å². The zero-order chi connectivity index (χ0) is 38.3. The van der Waals surface area contributed by atoms with Crippen LogP contribution in [0.25, 0.3) is 22.3 Å². The lowest BCUT2D eigenvalue weighted by Crippen LogP contribution is -2.52. The van der Waals surface area contributed by atoms with E-state index < -0.39 is 16.0 Å². The first-order chi connectivity index (χ1) is 28.0. The summed E-state index contributed by atoms with van der Waals surface area (Å²) in [6.07, 6.45) is 7.64. The van der Waals surface area contributed by atoms with Crippen molar-refractivity contribution in [3.8, 4) is 22.3 Å². The van der Waals surface area contributed by atoms with Gasteiger partial charge in [-0.05, 0) is 71.0 Å². The Morgan fingerprint density at radius 3 is 1.89 bits per heavy atom. The first kappa shape index (κ1) is 34.8. The number of sulfone groups is 1. The van der Waals surface area contributed by atoms with Gasteiger partial charge in [0.2, 0.25) is 9.84 Å². The van der Waals surface area contributed by atoms with E-state index in [1.807, 2.05) is 103 Å². The summed E-state index contributed by atoms with van der Waals surface area (Å²) in [4.78, 5) is 16.2. The van der Waals surface area contributed by atoms with Crippen LogP contribution in [-0.2, 0) is 9.84 Å². The average Bonchev–Trinajstić information content (AvgIpc) is 3.53. The number of rotatable bonds is 7. The number of nitrogens with one attached hydrogen (secondary N) is 3. The molecule has 0 spiro atoms. The normalized spacial score (nSPS) is 20.5. The Hall–Kier alpha value is -6.68. The highest BCUT2D eigenvalue weighted by atomic mass is 32.2. The fourth-order valence-corrected chi connectivity index (χ4v) is 9.70. The highest BCUT2D eigenvalue weighted by Crippen LogP contribution is 2.48. The van der Waals surface area contributed by atoms with Crippen LogP contribution >= 0.6 is 0 Å². The number of nitrogens with zero attached hydrogens (tertiary/aromatic N) is 3. The van der Waals surface area contributed by atoms with E-state index in [2.05, 4.69) is 64.5 Å². The summed E-state index contributed by atoms with van der Waals surface area (Å²) < 4.78 is 27.8. The van der Waals surface area contributed by atoms with Gasteiger partial charge >= 0.3 is 0 Å². The number of hydrogen-bond acceptors (Lipinski definition) is 8. The SMILES string of the molecule is O=S1(=O)c2ccccc2-c2c(-c3cc(C4=NC(c5ccccc5)N=C(c5ccccc5)N4)cc(C4=NC(c5ccccc5)NC(C5=CCCC=C5)N4)c3)cccc21. The highest BCUT2D eigenvalue weighted by Gasteiger charge is 2.35. The molecule has 0 radical (unpaired) electrons. The van der Waals surface area contributed by atoms with E-state index in [1.165, 1.54) is 0 Å². The molecule has 3 atom stereocenters. The van der Waals surface area contributed by atoms with Gasteiger partial charge in [-0.15, -0.1) is 0 Å². The van der Waals surface area contributed by atoms with Gasteiger partial charge in [0, 0.05) is 27.8 Å². The maximum Gasteiger partial charge on any atom is 0.207 e. The van der Waals surface area contributed by atoms with E-state index in [4.69, 9.17) is 15.0 Å². The Labute approximate surface area is 332 Å². The van der Waals surface area contributed by atoms with Gasteiger partial charge in [0.1, 0.15) is 29.8 Å². The average molecular weight is 763 g/mol. The number of allylic oxidation sites excluding steroid dienone is 2. The van der Waals surface area contributed by atoms with Crippen LogP contribution in [0, 0.1) is 0 Å². The summed E-state index contributed by atoms with van der Waals surface area (Å²) >= 11 is 0. The van der Waals surface area contributed by atoms with Gasteiger partial charge in [-0.3, -0.25) is 5.32 Å². The van der Waals surface area contributed by atoms with Crippen LogP contribution in [0.1, 0.15) is 53.0 Å². The lowest BCUT2D eigenvalue weighted by molar-refractivity contribution is 0.440. The second-order valence-corrected chi connectivity index (χ2v) is 16.3.